The number of nitrogens with one attached hydrogen (secondary N) is 1. The molecule has 1 atom stereocenters. The highest BCUT2D eigenvalue weighted by Gasteiger charge is 2.22. The summed E-state index contributed by atoms with van der Waals surface area (Å²) in [5.41, 5.74) is 3.83. The average Bonchev–Trinajstić information content (AvgIpc) is 3.23. The zero-order chi connectivity index (χ0) is 25.3. The number of nitrogens with zero attached hydrogens (tertiary/aromatic N) is 3. The second kappa shape index (κ2) is 9.95. The van der Waals surface area contributed by atoms with Gasteiger partial charge < -0.3 is 10.1 Å². The predicted molar refractivity (Wildman–Crippen MR) is 127 cm³/mol. The molecule has 0 aliphatic heterocycles. The quantitative estimate of drug-likeness (QED) is 0.349. The smallest absolute Gasteiger partial charge is 0.315 e. The Balaban J connectivity index is 1.71. The molecule has 1 amide bonds. The number of aryl methyl sites for hydroxylation is 2. The Morgan fingerprint density at radius 1 is 1.23 bits per heavy atom. The highest BCUT2D eigenvalue weighted by molar-refractivity contribution is 6.31. The molecule has 0 fully saturated rings. The Bertz CT molecular complexity index is 1410. The van der Waals surface area contributed by atoms with E-state index in [1.165, 1.54) is 6.92 Å². The molecule has 6 nitrogen and oxygen atoms in total. The van der Waals surface area contributed by atoms with Crippen molar-refractivity contribution in [1.82, 2.24) is 20.1 Å². The minimum Gasteiger partial charge on any atom is -0.487 e. The van der Waals surface area contributed by atoms with Gasteiger partial charge in [0.05, 0.1) is 16.8 Å². The Morgan fingerprint density at radius 3 is 2.69 bits per heavy atom. The second-order valence-electron chi connectivity index (χ2n) is 8.08. The monoisotopic (exact) mass is 502 g/mol. The van der Waals surface area contributed by atoms with E-state index in [0.29, 0.717) is 16.8 Å². The fourth-order valence-corrected chi connectivity index (χ4v) is 4.25. The van der Waals surface area contributed by atoms with Gasteiger partial charge in [0.15, 0.2) is 0 Å². The van der Waals surface area contributed by atoms with E-state index in [1.54, 1.807) is 16.9 Å². The molecule has 0 saturated heterocycles. The van der Waals surface area contributed by atoms with Gasteiger partial charge in [0, 0.05) is 35.5 Å². The number of amides is 1. The van der Waals surface area contributed by atoms with Crippen molar-refractivity contribution in [3.05, 3.63) is 76.3 Å². The number of alkyl halides is 2. The number of pyridine rings is 1. The summed E-state index contributed by atoms with van der Waals surface area (Å²) in [4.78, 5) is 16.1. The molecule has 10 heteroatoms. The van der Waals surface area contributed by atoms with E-state index in [1.807, 2.05) is 38.2 Å². The Hall–Kier alpha value is -3.59. The molecule has 2 heterocycles. The van der Waals surface area contributed by atoms with Crippen LogP contribution in [0.3, 0.4) is 0 Å². The number of para-hydroxylation sites is 1. The van der Waals surface area contributed by atoms with Crippen molar-refractivity contribution in [2.45, 2.75) is 32.9 Å². The van der Waals surface area contributed by atoms with Crippen molar-refractivity contribution < 1.29 is 22.7 Å². The average molecular weight is 503 g/mol. The molecule has 4 rings (SSSR count). The molecule has 0 bridgehead atoms. The first kappa shape index (κ1) is 24.5. The van der Waals surface area contributed by atoms with Crippen LogP contribution in [0, 0.1) is 12.7 Å². The lowest BCUT2D eigenvalue weighted by Gasteiger charge is -2.20. The van der Waals surface area contributed by atoms with E-state index in [0.717, 1.165) is 34.5 Å². The third-order valence-electron chi connectivity index (χ3n) is 5.62. The fourth-order valence-electron chi connectivity index (χ4n) is 3.98. The number of halogens is 4. The number of carbonyl (C=O) groups is 1. The lowest BCUT2D eigenvalue weighted by Crippen LogP contribution is -2.32. The molecule has 35 heavy (non-hydrogen) atoms. The fraction of sp³-hybridized carbons (Fsp3) is 0.240. The molecule has 0 radical (unpaired) electrons. The van der Waals surface area contributed by atoms with Crippen LogP contribution in [0.25, 0.3) is 22.2 Å². The molecule has 0 saturated carbocycles. The predicted octanol–water partition coefficient (Wildman–Crippen LogP) is 5.76. The van der Waals surface area contributed by atoms with Crippen LogP contribution in [0.4, 0.5) is 13.2 Å². The van der Waals surface area contributed by atoms with Crippen LogP contribution in [0.1, 0.15) is 29.8 Å². The van der Waals surface area contributed by atoms with Crippen molar-refractivity contribution in [1.29, 1.82) is 0 Å². The number of hydrogen-bond acceptors (Lipinski definition) is 4. The van der Waals surface area contributed by atoms with Gasteiger partial charge in [0.1, 0.15) is 23.7 Å². The van der Waals surface area contributed by atoms with Crippen LogP contribution in [0.2, 0.25) is 5.02 Å². The van der Waals surface area contributed by atoms with E-state index in [4.69, 9.17) is 16.3 Å². The van der Waals surface area contributed by atoms with E-state index >= 15 is 0 Å². The Kier molecular flexibility index (Phi) is 6.98. The largest absolute Gasteiger partial charge is 0.487 e. The van der Waals surface area contributed by atoms with Crippen molar-refractivity contribution in [3.8, 4) is 17.0 Å². The van der Waals surface area contributed by atoms with Gasteiger partial charge in [-0.3, -0.25) is 9.48 Å². The molecule has 4 aromatic rings. The van der Waals surface area contributed by atoms with Crippen LogP contribution in [-0.4, -0.2) is 27.1 Å². The van der Waals surface area contributed by atoms with Crippen molar-refractivity contribution >= 4 is 28.4 Å². The topological polar surface area (TPSA) is 69.0 Å². The second-order valence-corrected chi connectivity index (χ2v) is 8.49. The van der Waals surface area contributed by atoms with Crippen molar-refractivity contribution in [2.75, 3.05) is 0 Å². The maximum absolute atomic E-state index is 14.1. The molecule has 0 aliphatic rings. The van der Waals surface area contributed by atoms with Gasteiger partial charge in [0.2, 0.25) is 0 Å². The van der Waals surface area contributed by atoms with Crippen LogP contribution in [0.5, 0.6) is 5.75 Å². The number of aromatic nitrogens is 3. The lowest BCUT2D eigenvalue weighted by molar-refractivity contribution is -0.132. The summed E-state index contributed by atoms with van der Waals surface area (Å²) in [6.45, 7) is 3.25. The van der Waals surface area contributed by atoms with Crippen LogP contribution in [0.15, 0.2) is 48.7 Å². The summed E-state index contributed by atoms with van der Waals surface area (Å²) in [6.07, 6.45) is -1.48. The SMILES string of the molecule is Cc1cc(-c2ccnn2C)c2cccc(OCc3c(Cl)cc(F)cc3[C@H](C)NC(=O)C(F)F)c2n1. The van der Waals surface area contributed by atoms with Gasteiger partial charge in [-0.2, -0.15) is 13.9 Å². The van der Waals surface area contributed by atoms with Crippen LogP contribution in [-0.2, 0) is 18.4 Å². The summed E-state index contributed by atoms with van der Waals surface area (Å²) in [6, 6.07) is 10.7. The normalized spacial score (nSPS) is 12.2. The summed E-state index contributed by atoms with van der Waals surface area (Å²) in [5.74, 6) is -1.65. The lowest BCUT2D eigenvalue weighted by atomic mass is 10.0. The highest BCUT2D eigenvalue weighted by Crippen LogP contribution is 2.34. The number of rotatable bonds is 7. The molecular formula is C25H22ClF3N4O2. The number of carbonyl (C=O) groups excluding carboxylic acids is 1. The van der Waals surface area contributed by atoms with E-state index in [2.05, 4.69) is 15.4 Å². The Labute approximate surface area is 204 Å². The molecule has 0 unspecified atom stereocenters. The molecule has 182 valence electrons. The number of fused-ring (bicyclic) bond motifs is 1. The summed E-state index contributed by atoms with van der Waals surface area (Å²) in [7, 11) is 1.85. The minimum atomic E-state index is -3.19. The van der Waals surface area contributed by atoms with E-state index in [9.17, 15) is 18.0 Å². The van der Waals surface area contributed by atoms with E-state index in [-0.39, 0.29) is 17.2 Å². The maximum Gasteiger partial charge on any atom is 0.315 e. The zero-order valence-electron chi connectivity index (χ0n) is 19.2. The molecule has 0 spiro atoms. The maximum atomic E-state index is 14.1. The Morgan fingerprint density at radius 2 is 2.00 bits per heavy atom. The van der Waals surface area contributed by atoms with Crippen molar-refractivity contribution in [2.24, 2.45) is 7.05 Å². The number of ether oxygens (including phenoxy) is 1. The van der Waals surface area contributed by atoms with Crippen LogP contribution < -0.4 is 10.1 Å². The molecular weight excluding hydrogens is 481 g/mol. The number of hydrogen-bond donors (Lipinski definition) is 1. The first-order valence-electron chi connectivity index (χ1n) is 10.7. The third kappa shape index (κ3) is 5.09. The summed E-state index contributed by atoms with van der Waals surface area (Å²) >= 11 is 6.29. The number of benzene rings is 2. The summed E-state index contributed by atoms with van der Waals surface area (Å²) in [5, 5.41) is 7.31. The minimum absolute atomic E-state index is 0.0538. The molecule has 2 aromatic carbocycles. The van der Waals surface area contributed by atoms with Gasteiger partial charge in [-0.15, -0.1) is 0 Å². The first-order valence-corrected chi connectivity index (χ1v) is 11.1. The van der Waals surface area contributed by atoms with Gasteiger partial charge in [-0.25, -0.2) is 9.37 Å². The van der Waals surface area contributed by atoms with Crippen LogP contribution >= 0.6 is 11.6 Å². The highest BCUT2D eigenvalue weighted by atomic mass is 35.5. The first-order chi connectivity index (χ1) is 16.7. The molecule has 0 aliphatic carbocycles. The summed E-state index contributed by atoms with van der Waals surface area (Å²) < 4.78 is 47.4. The van der Waals surface area contributed by atoms with Gasteiger partial charge in [-0.1, -0.05) is 23.7 Å². The third-order valence-corrected chi connectivity index (χ3v) is 5.95. The molecule has 2 aromatic heterocycles. The zero-order valence-corrected chi connectivity index (χ0v) is 19.9. The van der Waals surface area contributed by atoms with Crippen molar-refractivity contribution in [3.63, 3.8) is 0 Å². The van der Waals surface area contributed by atoms with E-state index < -0.39 is 24.2 Å². The van der Waals surface area contributed by atoms with Gasteiger partial charge in [0.25, 0.3) is 5.91 Å². The van der Waals surface area contributed by atoms with Gasteiger partial charge >= 0.3 is 6.43 Å². The molecule has 1 N–H and O–H groups in total. The standard InChI is InChI=1S/C25H22ClF3N4O2/c1-13-9-18(21-7-8-30-33(21)3)16-5-4-6-22(23(16)31-13)35-12-19-17(10-15(27)11-20(19)26)14(2)32-25(34)24(28)29/h4-11,14,24H,12H2,1-3H3,(H,32,34)/t14-/m0/s1. The van der Waals surface area contributed by atoms with Gasteiger partial charge in [-0.05, 0) is 49.7 Å².